The molecule has 3 rings (SSSR count). The molecule has 0 saturated heterocycles. The molecule has 1 aromatic carbocycles. The van der Waals surface area contributed by atoms with Gasteiger partial charge in [-0.25, -0.2) is 0 Å². The van der Waals surface area contributed by atoms with E-state index in [1.54, 1.807) is 0 Å². The van der Waals surface area contributed by atoms with Crippen LogP contribution in [0.2, 0.25) is 10.0 Å². The first-order valence-corrected chi connectivity index (χ1v) is 6.37. The van der Waals surface area contributed by atoms with Gasteiger partial charge in [0.05, 0.1) is 20.4 Å². The molecule has 1 aromatic heterocycles. The van der Waals surface area contributed by atoms with Gasteiger partial charge in [0.25, 0.3) is 5.69 Å². The number of halogens is 2. The Balaban J connectivity index is 2.13. The van der Waals surface area contributed by atoms with E-state index in [0.29, 0.717) is 18.4 Å². The van der Waals surface area contributed by atoms with Crippen LogP contribution in [0.3, 0.4) is 0 Å². The fourth-order valence-electron chi connectivity index (χ4n) is 2.24. The highest BCUT2D eigenvalue weighted by Crippen LogP contribution is 2.57. The molecule has 1 fully saturated rings. The van der Waals surface area contributed by atoms with Gasteiger partial charge in [0.1, 0.15) is 0 Å². The second-order valence-corrected chi connectivity index (χ2v) is 5.34. The van der Waals surface area contributed by atoms with Crippen LogP contribution >= 0.6 is 23.2 Å². The number of nitrogens with zero attached hydrogens (tertiary/aromatic N) is 3. The van der Waals surface area contributed by atoms with Crippen molar-refractivity contribution in [1.29, 1.82) is 0 Å². The number of aromatic nitrogens is 2. The third-order valence-corrected chi connectivity index (χ3v) is 3.91. The molecule has 9 heteroatoms. The molecule has 1 aliphatic rings. The Morgan fingerprint density at radius 2 is 1.95 bits per heavy atom. The number of aromatic hydroxyl groups is 1. The highest BCUT2D eigenvalue weighted by molar-refractivity contribution is 6.36. The molecule has 0 spiro atoms. The Hall–Kier alpha value is -1.86. The lowest BCUT2D eigenvalue weighted by Crippen LogP contribution is -2.12. The summed E-state index contributed by atoms with van der Waals surface area (Å²) in [5.74, 6) is 0.271. The molecule has 2 aromatic rings. The van der Waals surface area contributed by atoms with Gasteiger partial charge in [0.2, 0.25) is 0 Å². The number of hydrogen-bond donors (Lipinski definition) is 1. The van der Waals surface area contributed by atoms with Crippen LogP contribution in [0.4, 0.5) is 5.69 Å². The van der Waals surface area contributed by atoms with Crippen LogP contribution < -0.4 is 0 Å². The third-order valence-electron chi connectivity index (χ3n) is 3.31. The summed E-state index contributed by atoms with van der Waals surface area (Å²) in [5.41, 5.74) is -0.309. The van der Waals surface area contributed by atoms with E-state index in [0.717, 1.165) is 0 Å². The van der Waals surface area contributed by atoms with Gasteiger partial charge in [0.15, 0.2) is 5.82 Å². The molecule has 0 bridgehead atoms. The smallest absolute Gasteiger partial charge is 0.414 e. The first-order valence-electron chi connectivity index (χ1n) is 5.61. The summed E-state index contributed by atoms with van der Waals surface area (Å²) < 4.78 is 4.55. The van der Waals surface area contributed by atoms with Crippen LogP contribution in [0, 0.1) is 10.1 Å². The number of nitro benzene ring substituents is 1. The van der Waals surface area contributed by atoms with Crippen LogP contribution in [-0.4, -0.2) is 20.2 Å². The van der Waals surface area contributed by atoms with Crippen molar-refractivity contribution in [1.82, 2.24) is 10.1 Å². The van der Waals surface area contributed by atoms with Crippen LogP contribution in [0.15, 0.2) is 16.7 Å². The second kappa shape index (κ2) is 4.32. The molecular formula is C11H7Cl2N3O4. The normalized spacial score (nSPS) is 16.1. The van der Waals surface area contributed by atoms with Gasteiger partial charge >= 0.3 is 6.08 Å². The van der Waals surface area contributed by atoms with Crippen molar-refractivity contribution in [2.45, 2.75) is 18.3 Å². The highest BCUT2D eigenvalue weighted by Gasteiger charge is 2.52. The van der Waals surface area contributed by atoms with Crippen molar-refractivity contribution >= 4 is 28.9 Å². The van der Waals surface area contributed by atoms with E-state index in [1.807, 2.05) is 0 Å². The lowest BCUT2D eigenvalue weighted by atomic mass is 9.94. The number of nitro groups is 1. The standard InChI is InChI=1S/C11H7Cl2N3O4/c12-6-3-5(16(18)19)4-7(13)8(6)11(1-2-11)9-14-10(17)20-15-9/h3-4H,1-2H2,(H,14,15,17). The topological polar surface area (TPSA) is 102 Å². The lowest BCUT2D eigenvalue weighted by molar-refractivity contribution is -0.384. The molecule has 1 aliphatic carbocycles. The van der Waals surface area contributed by atoms with Gasteiger partial charge < -0.3 is 5.11 Å². The average Bonchev–Trinajstić information content (AvgIpc) is 3.03. The predicted molar refractivity (Wildman–Crippen MR) is 69.1 cm³/mol. The quantitative estimate of drug-likeness (QED) is 0.689. The molecule has 104 valence electrons. The molecule has 0 aliphatic heterocycles. The van der Waals surface area contributed by atoms with Crippen LogP contribution in [0.5, 0.6) is 6.08 Å². The molecule has 7 nitrogen and oxygen atoms in total. The summed E-state index contributed by atoms with van der Waals surface area (Å²) in [5, 5.41) is 23.9. The summed E-state index contributed by atoms with van der Waals surface area (Å²) >= 11 is 12.2. The predicted octanol–water partition coefficient (Wildman–Crippen LogP) is 3.07. The van der Waals surface area contributed by atoms with E-state index in [-0.39, 0.29) is 21.6 Å². The summed E-state index contributed by atoms with van der Waals surface area (Å²) in [6, 6.07) is 2.48. The first kappa shape index (κ1) is 13.1. The van der Waals surface area contributed by atoms with Gasteiger partial charge in [-0.1, -0.05) is 28.4 Å². The molecule has 20 heavy (non-hydrogen) atoms. The van der Waals surface area contributed by atoms with E-state index in [1.165, 1.54) is 12.1 Å². The molecule has 1 heterocycles. The summed E-state index contributed by atoms with van der Waals surface area (Å²) in [6.07, 6.45) is 0.798. The molecular weight excluding hydrogens is 309 g/mol. The number of benzene rings is 1. The monoisotopic (exact) mass is 315 g/mol. The van der Waals surface area contributed by atoms with E-state index >= 15 is 0 Å². The third kappa shape index (κ3) is 1.90. The molecule has 0 atom stereocenters. The Morgan fingerprint density at radius 1 is 1.35 bits per heavy atom. The second-order valence-electron chi connectivity index (χ2n) is 4.52. The van der Waals surface area contributed by atoms with Crippen LogP contribution in [-0.2, 0) is 5.41 Å². The highest BCUT2D eigenvalue weighted by atomic mass is 35.5. The van der Waals surface area contributed by atoms with E-state index in [2.05, 4.69) is 14.7 Å². The Kier molecular flexibility index (Phi) is 2.84. The van der Waals surface area contributed by atoms with Crippen molar-refractivity contribution in [3.8, 4) is 6.08 Å². The van der Waals surface area contributed by atoms with Crippen LogP contribution in [0.25, 0.3) is 0 Å². The van der Waals surface area contributed by atoms with Gasteiger partial charge in [-0.15, -0.1) is 0 Å². The molecule has 0 radical (unpaired) electrons. The maximum absolute atomic E-state index is 10.8. The van der Waals surface area contributed by atoms with Crippen molar-refractivity contribution in [3.05, 3.63) is 43.7 Å². The molecule has 1 N–H and O–H groups in total. The van der Waals surface area contributed by atoms with Gasteiger partial charge in [-0.3, -0.25) is 14.6 Å². The first-order chi connectivity index (χ1) is 9.44. The van der Waals surface area contributed by atoms with Crippen molar-refractivity contribution in [2.24, 2.45) is 0 Å². The Labute approximate surface area is 122 Å². The molecule has 0 unspecified atom stereocenters. The van der Waals surface area contributed by atoms with E-state index in [9.17, 15) is 10.1 Å². The number of hydrogen-bond acceptors (Lipinski definition) is 6. The number of non-ortho nitro benzene ring substituents is 1. The van der Waals surface area contributed by atoms with Gasteiger partial charge in [-0.2, -0.15) is 4.98 Å². The van der Waals surface area contributed by atoms with Crippen molar-refractivity contribution in [3.63, 3.8) is 0 Å². The van der Waals surface area contributed by atoms with E-state index in [4.69, 9.17) is 28.3 Å². The van der Waals surface area contributed by atoms with Crippen LogP contribution in [0.1, 0.15) is 24.2 Å². The van der Waals surface area contributed by atoms with Crippen molar-refractivity contribution in [2.75, 3.05) is 0 Å². The molecule has 0 amide bonds. The van der Waals surface area contributed by atoms with Crippen molar-refractivity contribution < 1.29 is 14.6 Å². The summed E-state index contributed by atoms with van der Waals surface area (Å²) in [6.45, 7) is 0. The van der Waals surface area contributed by atoms with Gasteiger partial charge in [0, 0.05) is 17.7 Å². The summed E-state index contributed by atoms with van der Waals surface area (Å²) in [7, 11) is 0. The molecule has 1 saturated carbocycles. The zero-order valence-corrected chi connectivity index (χ0v) is 11.4. The minimum absolute atomic E-state index is 0.172. The zero-order chi connectivity index (χ0) is 14.5. The lowest BCUT2D eigenvalue weighted by Gasteiger charge is -2.14. The Morgan fingerprint density at radius 3 is 2.35 bits per heavy atom. The largest absolute Gasteiger partial charge is 0.464 e. The van der Waals surface area contributed by atoms with E-state index < -0.39 is 16.4 Å². The average molecular weight is 316 g/mol. The minimum atomic E-state index is -0.645. The zero-order valence-electron chi connectivity index (χ0n) is 9.84. The van der Waals surface area contributed by atoms with Gasteiger partial charge in [-0.05, 0) is 12.8 Å². The SMILES string of the molecule is O=[N+]([O-])c1cc(Cl)c(C2(c3noc(O)n3)CC2)c(Cl)c1. The maximum Gasteiger partial charge on any atom is 0.414 e. The fourth-order valence-corrected chi connectivity index (χ4v) is 3.08. The number of rotatable bonds is 3. The Bertz CT molecular complexity index is 688. The fraction of sp³-hybridized carbons (Fsp3) is 0.273. The maximum atomic E-state index is 10.8. The summed E-state index contributed by atoms with van der Waals surface area (Å²) in [4.78, 5) is 14.0. The minimum Gasteiger partial charge on any atom is -0.464 e.